The molecule has 0 spiro atoms. The van der Waals surface area contributed by atoms with Gasteiger partial charge in [-0.2, -0.15) is 13.9 Å². The van der Waals surface area contributed by atoms with Gasteiger partial charge >= 0.3 is 6.61 Å². The van der Waals surface area contributed by atoms with Crippen molar-refractivity contribution in [3.63, 3.8) is 0 Å². The van der Waals surface area contributed by atoms with Crippen LogP contribution in [0.1, 0.15) is 24.1 Å². The predicted molar refractivity (Wildman–Crippen MR) is 149 cm³/mol. The summed E-state index contributed by atoms with van der Waals surface area (Å²) in [7, 11) is 0. The van der Waals surface area contributed by atoms with Crippen LogP contribution < -0.4 is 15.4 Å². The zero-order valence-electron chi connectivity index (χ0n) is 21.1. The summed E-state index contributed by atoms with van der Waals surface area (Å²) in [6.07, 6.45) is 3.40. The van der Waals surface area contributed by atoms with Gasteiger partial charge in [0.1, 0.15) is 17.8 Å². The van der Waals surface area contributed by atoms with Gasteiger partial charge in [-0.15, -0.1) is 0 Å². The number of nitrogen functional groups attached to an aromatic ring is 1. The molecule has 0 amide bonds. The zero-order valence-corrected chi connectivity index (χ0v) is 21.9. The van der Waals surface area contributed by atoms with Crippen LogP contribution in [-0.4, -0.2) is 26.4 Å². The molecule has 202 valence electrons. The van der Waals surface area contributed by atoms with Crippen molar-refractivity contribution < 1.29 is 17.9 Å². The van der Waals surface area contributed by atoms with E-state index in [1.54, 1.807) is 4.68 Å². The number of hydrogen-bond donors (Lipinski definition) is 1. The minimum Gasteiger partial charge on any atom is -0.432 e. The maximum atomic E-state index is 14.7. The molecule has 0 radical (unpaired) electrons. The van der Waals surface area contributed by atoms with Crippen LogP contribution in [0.3, 0.4) is 0 Å². The van der Waals surface area contributed by atoms with Gasteiger partial charge in [-0.25, -0.2) is 19.0 Å². The Morgan fingerprint density at radius 3 is 2.58 bits per heavy atom. The summed E-state index contributed by atoms with van der Waals surface area (Å²) in [6, 6.07) is 19.0. The molecule has 1 aliphatic rings. The number of nitrogens with two attached hydrogens (primary N) is 1. The number of allylic oxidation sites excluding steroid dienone is 1. The van der Waals surface area contributed by atoms with Gasteiger partial charge in [0.05, 0.1) is 11.4 Å². The molecule has 5 aromatic rings. The van der Waals surface area contributed by atoms with E-state index in [-0.39, 0.29) is 11.9 Å². The van der Waals surface area contributed by atoms with Crippen molar-refractivity contribution in [2.24, 2.45) is 0 Å². The van der Waals surface area contributed by atoms with Crippen LogP contribution >= 0.6 is 11.6 Å². The molecule has 1 atom stereocenters. The monoisotopic (exact) mass is 562 g/mol. The van der Waals surface area contributed by atoms with Gasteiger partial charge in [0.2, 0.25) is 0 Å². The molecule has 7 nitrogen and oxygen atoms in total. The van der Waals surface area contributed by atoms with Crippen LogP contribution in [0.2, 0.25) is 5.02 Å². The van der Waals surface area contributed by atoms with Gasteiger partial charge in [0.25, 0.3) is 0 Å². The molecular weight excluding hydrogens is 541 g/mol. The van der Waals surface area contributed by atoms with Crippen LogP contribution in [0.25, 0.3) is 28.4 Å². The molecule has 0 saturated carbocycles. The molecule has 1 unspecified atom stereocenters. The maximum Gasteiger partial charge on any atom is 0.387 e. The number of halogens is 4. The lowest BCUT2D eigenvalue weighted by molar-refractivity contribution is -0.0521. The average Bonchev–Trinajstić information content (AvgIpc) is 3.35. The molecular formula is C29H22ClF3N6O. The average molecular weight is 563 g/mol. The number of para-hydroxylation sites is 1. The Balaban J connectivity index is 1.51. The third kappa shape index (κ3) is 4.50. The number of alkyl halides is 2. The summed E-state index contributed by atoms with van der Waals surface area (Å²) in [5.74, 6) is -1.37. The molecule has 2 N–H and O–H groups in total. The number of aromatic nitrogens is 4. The third-order valence-corrected chi connectivity index (χ3v) is 7.24. The fourth-order valence-corrected chi connectivity index (χ4v) is 5.23. The van der Waals surface area contributed by atoms with Gasteiger partial charge in [-0.05, 0) is 60.5 Å². The lowest BCUT2D eigenvalue weighted by Crippen LogP contribution is -2.30. The first-order chi connectivity index (χ1) is 19.3. The molecule has 0 aliphatic carbocycles. The lowest BCUT2D eigenvalue weighted by Gasteiger charge is -2.35. The molecule has 11 heteroatoms. The van der Waals surface area contributed by atoms with E-state index in [0.29, 0.717) is 33.9 Å². The van der Waals surface area contributed by atoms with E-state index < -0.39 is 18.2 Å². The van der Waals surface area contributed by atoms with Crippen molar-refractivity contribution in [2.75, 3.05) is 10.6 Å². The van der Waals surface area contributed by atoms with Gasteiger partial charge in [-0.1, -0.05) is 41.9 Å². The summed E-state index contributed by atoms with van der Waals surface area (Å²) in [5, 5.41) is 5.91. The maximum absolute atomic E-state index is 14.7. The number of hydrogen-bond acceptors (Lipinski definition) is 6. The highest BCUT2D eigenvalue weighted by molar-refractivity contribution is 6.31. The standard InChI is InChI=1S/C29H22ClF3N6O/c1-16(23-13-17-6-5-9-21(30)20(17)14-38(23)19-7-3-2-4-8-19)39-28-25(27(34)35-15-36-28)26(37-39)18-10-11-24(22(31)12-18)40-29(32)33/h2-13,15-16,29H,14H2,1H3,(H2,34,35,36). The smallest absolute Gasteiger partial charge is 0.387 e. The lowest BCUT2D eigenvalue weighted by atomic mass is 9.98. The predicted octanol–water partition coefficient (Wildman–Crippen LogP) is 7.09. The molecule has 0 bridgehead atoms. The fraction of sp³-hybridized carbons (Fsp3) is 0.138. The Morgan fingerprint density at radius 2 is 1.82 bits per heavy atom. The molecule has 1 aliphatic heterocycles. The van der Waals surface area contributed by atoms with E-state index in [1.807, 2.05) is 55.5 Å². The minimum absolute atomic E-state index is 0.154. The Morgan fingerprint density at radius 1 is 1.02 bits per heavy atom. The highest BCUT2D eigenvalue weighted by atomic mass is 35.5. The number of rotatable bonds is 6. The van der Waals surface area contributed by atoms with Crippen molar-refractivity contribution in [3.05, 3.63) is 101 Å². The first-order valence-electron chi connectivity index (χ1n) is 12.4. The summed E-state index contributed by atoms with van der Waals surface area (Å²) in [6.45, 7) is -0.636. The quantitative estimate of drug-likeness (QED) is 0.238. The van der Waals surface area contributed by atoms with Gasteiger partial charge < -0.3 is 15.4 Å². The second-order valence-electron chi connectivity index (χ2n) is 9.25. The number of nitrogens with zero attached hydrogens (tertiary/aromatic N) is 5. The van der Waals surface area contributed by atoms with E-state index in [1.165, 1.54) is 12.4 Å². The van der Waals surface area contributed by atoms with E-state index in [9.17, 15) is 13.2 Å². The number of ether oxygens (including phenoxy) is 1. The summed E-state index contributed by atoms with van der Waals surface area (Å²) < 4.78 is 46.0. The molecule has 3 heterocycles. The summed E-state index contributed by atoms with van der Waals surface area (Å²) >= 11 is 6.57. The Bertz CT molecular complexity index is 1760. The van der Waals surface area contributed by atoms with E-state index >= 15 is 0 Å². The molecule has 0 saturated heterocycles. The van der Waals surface area contributed by atoms with Crippen molar-refractivity contribution >= 4 is 40.2 Å². The van der Waals surface area contributed by atoms with Crippen LogP contribution in [0.4, 0.5) is 24.7 Å². The third-order valence-electron chi connectivity index (χ3n) is 6.89. The Hall–Kier alpha value is -4.57. The highest BCUT2D eigenvalue weighted by Gasteiger charge is 2.29. The van der Waals surface area contributed by atoms with Crippen molar-refractivity contribution in [3.8, 4) is 17.0 Å². The Kier molecular flexibility index (Phi) is 6.55. The first kappa shape index (κ1) is 25.7. The van der Waals surface area contributed by atoms with E-state index in [4.69, 9.17) is 22.4 Å². The van der Waals surface area contributed by atoms with Gasteiger partial charge in [-0.3, -0.25) is 0 Å². The highest BCUT2D eigenvalue weighted by Crippen LogP contribution is 2.40. The molecule has 40 heavy (non-hydrogen) atoms. The summed E-state index contributed by atoms with van der Waals surface area (Å²) in [5.41, 5.74) is 11.2. The normalized spacial score (nSPS) is 13.8. The van der Waals surface area contributed by atoms with Gasteiger partial charge in [0.15, 0.2) is 17.2 Å². The van der Waals surface area contributed by atoms with Crippen LogP contribution in [0.15, 0.2) is 78.8 Å². The fourth-order valence-electron chi connectivity index (χ4n) is 4.99. The number of benzene rings is 3. The largest absolute Gasteiger partial charge is 0.432 e. The number of anilines is 2. The van der Waals surface area contributed by atoms with Crippen LogP contribution in [0, 0.1) is 5.82 Å². The van der Waals surface area contributed by atoms with Gasteiger partial charge in [0, 0.05) is 28.5 Å². The van der Waals surface area contributed by atoms with Crippen molar-refractivity contribution in [1.29, 1.82) is 0 Å². The minimum atomic E-state index is -3.15. The van der Waals surface area contributed by atoms with Crippen molar-refractivity contribution in [2.45, 2.75) is 26.1 Å². The SMILES string of the molecule is CC(C1=Cc2cccc(Cl)c2CN1c1ccccc1)n1nc(-c2ccc(OC(F)F)c(F)c2)c2c(N)ncnc21. The van der Waals surface area contributed by atoms with Crippen molar-refractivity contribution in [1.82, 2.24) is 19.7 Å². The number of fused-ring (bicyclic) bond motifs is 2. The molecule has 2 aromatic heterocycles. The molecule has 0 fully saturated rings. The second kappa shape index (κ2) is 10.2. The van der Waals surface area contributed by atoms with E-state index in [2.05, 4.69) is 25.7 Å². The first-order valence-corrected chi connectivity index (χ1v) is 12.7. The topological polar surface area (TPSA) is 82.1 Å². The zero-order chi connectivity index (χ0) is 28.0. The molecule has 3 aromatic carbocycles. The summed E-state index contributed by atoms with van der Waals surface area (Å²) in [4.78, 5) is 10.7. The van der Waals surface area contributed by atoms with Crippen LogP contribution in [-0.2, 0) is 6.54 Å². The second-order valence-corrected chi connectivity index (χ2v) is 9.66. The van der Waals surface area contributed by atoms with E-state index in [0.717, 1.165) is 34.6 Å². The Labute approximate surface area is 232 Å². The molecule has 6 rings (SSSR count). The van der Waals surface area contributed by atoms with Crippen LogP contribution in [0.5, 0.6) is 5.75 Å².